The van der Waals surface area contributed by atoms with E-state index in [-0.39, 0.29) is 5.82 Å². The molecule has 1 N–H and O–H groups in total. The number of hydrogen-bond donors (Lipinski definition) is 1. The van der Waals surface area contributed by atoms with Gasteiger partial charge in [-0.25, -0.2) is 4.39 Å². The van der Waals surface area contributed by atoms with Crippen molar-refractivity contribution >= 4 is 18.4 Å². The number of aryl methyl sites for hydroxylation is 1. The van der Waals surface area contributed by atoms with Gasteiger partial charge in [0, 0.05) is 12.0 Å². The first-order valence-electron chi connectivity index (χ1n) is 8.19. The molecule has 1 aliphatic rings. The quantitative estimate of drug-likeness (QED) is 0.648. The predicted octanol–water partition coefficient (Wildman–Crippen LogP) is 4.47. The number of halogens is 1. The average Bonchev–Trinajstić information content (AvgIpc) is 2.93. The molecule has 1 aromatic heterocycles. The van der Waals surface area contributed by atoms with E-state index in [0.29, 0.717) is 10.3 Å². The fourth-order valence-electron chi connectivity index (χ4n) is 3.11. The first-order valence-corrected chi connectivity index (χ1v) is 8.60. The van der Waals surface area contributed by atoms with Gasteiger partial charge in [-0.1, -0.05) is 50.3 Å². The Morgan fingerprint density at radius 1 is 1.30 bits per heavy atom. The van der Waals surface area contributed by atoms with Gasteiger partial charge in [0.25, 0.3) is 0 Å². The fourth-order valence-corrected chi connectivity index (χ4v) is 3.31. The van der Waals surface area contributed by atoms with Crippen LogP contribution in [-0.2, 0) is 6.42 Å². The van der Waals surface area contributed by atoms with Crippen LogP contribution in [0.4, 0.5) is 4.39 Å². The molecule has 0 unspecified atom stereocenters. The van der Waals surface area contributed by atoms with E-state index in [1.165, 1.54) is 44.4 Å². The van der Waals surface area contributed by atoms with Crippen LogP contribution in [-0.4, -0.2) is 21.1 Å². The van der Waals surface area contributed by atoms with Crippen LogP contribution in [0.25, 0.3) is 0 Å². The Morgan fingerprint density at radius 2 is 2.09 bits per heavy atom. The second-order valence-electron chi connectivity index (χ2n) is 6.07. The number of aromatic amines is 1. The molecule has 4 nitrogen and oxygen atoms in total. The summed E-state index contributed by atoms with van der Waals surface area (Å²) in [5.74, 6) is 1.29. The first kappa shape index (κ1) is 16.1. The summed E-state index contributed by atoms with van der Waals surface area (Å²) in [4.78, 5) is 0. The Labute approximate surface area is 140 Å². The second-order valence-corrected chi connectivity index (χ2v) is 6.45. The highest BCUT2D eigenvalue weighted by Crippen LogP contribution is 2.27. The number of nitrogens with one attached hydrogen (secondary N) is 1. The Bertz CT molecular complexity index is 728. The van der Waals surface area contributed by atoms with Gasteiger partial charge in [-0.3, -0.25) is 5.10 Å². The summed E-state index contributed by atoms with van der Waals surface area (Å²) in [5, 5.41) is 11.4. The highest BCUT2D eigenvalue weighted by molar-refractivity contribution is 7.71. The number of H-pyrrole nitrogens is 1. The summed E-state index contributed by atoms with van der Waals surface area (Å²) >= 11 is 5.23. The number of hydrogen-bond acceptors (Lipinski definition) is 3. The second kappa shape index (κ2) is 7.64. The van der Waals surface area contributed by atoms with Crippen LogP contribution in [0.5, 0.6) is 0 Å². The van der Waals surface area contributed by atoms with Gasteiger partial charge in [0.05, 0.1) is 6.21 Å². The Morgan fingerprint density at radius 3 is 2.87 bits per heavy atom. The van der Waals surface area contributed by atoms with Crippen molar-refractivity contribution < 1.29 is 4.39 Å². The summed E-state index contributed by atoms with van der Waals surface area (Å²) in [5.41, 5.74) is 0.439. The SMILES string of the molecule is Fc1ccccc1/C=N\n1c(CCC2CCCCC2)n[nH]c1=S. The first-order chi connectivity index (χ1) is 11.2. The highest BCUT2D eigenvalue weighted by Gasteiger charge is 2.15. The van der Waals surface area contributed by atoms with Gasteiger partial charge in [-0.15, -0.1) is 0 Å². The third kappa shape index (κ3) is 4.13. The van der Waals surface area contributed by atoms with Crippen LogP contribution < -0.4 is 0 Å². The van der Waals surface area contributed by atoms with E-state index in [4.69, 9.17) is 12.2 Å². The van der Waals surface area contributed by atoms with Crippen LogP contribution >= 0.6 is 12.2 Å². The van der Waals surface area contributed by atoms with Crippen molar-refractivity contribution in [2.45, 2.75) is 44.9 Å². The molecule has 0 saturated heterocycles. The van der Waals surface area contributed by atoms with Crippen molar-refractivity contribution in [1.82, 2.24) is 14.9 Å². The summed E-state index contributed by atoms with van der Waals surface area (Å²) < 4.78 is 15.7. The van der Waals surface area contributed by atoms with E-state index in [9.17, 15) is 4.39 Å². The number of nitrogens with zero attached hydrogens (tertiary/aromatic N) is 3. The zero-order chi connectivity index (χ0) is 16.1. The van der Waals surface area contributed by atoms with Gasteiger partial charge in [0.1, 0.15) is 5.82 Å². The molecule has 1 fully saturated rings. The van der Waals surface area contributed by atoms with Crippen LogP contribution in [0.2, 0.25) is 0 Å². The summed E-state index contributed by atoms with van der Waals surface area (Å²) in [7, 11) is 0. The molecular weight excluding hydrogens is 311 g/mol. The molecule has 122 valence electrons. The molecule has 1 aliphatic carbocycles. The highest BCUT2D eigenvalue weighted by atomic mass is 32.1. The summed E-state index contributed by atoms with van der Waals surface area (Å²) in [6, 6.07) is 6.54. The van der Waals surface area contributed by atoms with Crippen molar-refractivity contribution in [1.29, 1.82) is 0 Å². The molecule has 1 aromatic carbocycles. The van der Waals surface area contributed by atoms with E-state index in [1.54, 1.807) is 22.9 Å². The van der Waals surface area contributed by atoms with Gasteiger partial charge >= 0.3 is 0 Å². The molecule has 1 saturated carbocycles. The zero-order valence-electron chi connectivity index (χ0n) is 13.0. The molecule has 0 atom stereocenters. The monoisotopic (exact) mass is 332 g/mol. The standard InChI is InChI=1S/C17H21FN4S/c18-15-9-5-4-8-14(15)12-19-22-16(20-21-17(22)23)11-10-13-6-2-1-3-7-13/h4-5,8-9,12-13H,1-3,6-7,10-11H2,(H,21,23)/b19-12-. The molecular formula is C17H21FN4S. The fraction of sp³-hybridized carbons (Fsp3) is 0.471. The van der Waals surface area contributed by atoms with Crippen LogP contribution in [0.3, 0.4) is 0 Å². The van der Waals surface area contributed by atoms with Crippen molar-refractivity contribution in [3.63, 3.8) is 0 Å². The van der Waals surface area contributed by atoms with Gasteiger partial charge in [-0.2, -0.15) is 14.9 Å². The Kier molecular flexibility index (Phi) is 5.33. The number of aromatic nitrogens is 3. The van der Waals surface area contributed by atoms with Gasteiger partial charge in [0.15, 0.2) is 5.82 Å². The van der Waals surface area contributed by atoms with Crippen LogP contribution in [0, 0.1) is 16.5 Å². The zero-order valence-corrected chi connectivity index (χ0v) is 13.9. The van der Waals surface area contributed by atoms with E-state index < -0.39 is 0 Å². The van der Waals surface area contributed by atoms with Gasteiger partial charge in [-0.05, 0) is 30.6 Å². The van der Waals surface area contributed by atoms with Crippen LogP contribution in [0.1, 0.15) is 49.9 Å². The van der Waals surface area contributed by atoms with Gasteiger partial charge in [0.2, 0.25) is 4.77 Å². The Balaban J connectivity index is 1.71. The predicted molar refractivity (Wildman–Crippen MR) is 91.7 cm³/mol. The molecule has 0 bridgehead atoms. The lowest BCUT2D eigenvalue weighted by atomic mass is 9.86. The normalized spacial score (nSPS) is 16.2. The lowest BCUT2D eigenvalue weighted by Gasteiger charge is -2.20. The minimum Gasteiger partial charge on any atom is -0.250 e. The molecule has 0 amide bonds. The van der Waals surface area contributed by atoms with Crippen molar-refractivity contribution in [2.75, 3.05) is 0 Å². The van der Waals surface area contributed by atoms with E-state index in [2.05, 4.69) is 15.3 Å². The smallest absolute Gasteiger partial charge is 0.216 e. The maximum absolute atomic E-state index is 13.7. The minimum atomic E-state index is -0.296. The largest absolute Gasteiger partial charge is 0.250 e. The minimum absolute atomic E-state index is 0.296. The average molecular weight is 332 g/mol. The van der Waals surface area contributed by atoms with E-state index >= 15 is 0 Å². The van der Waals surface area contributed by atoms with Crippen LogP contribution in [0.15, 0.2) is 29.4 Å². The maximum atomic E-state index is 13.7. The topological polar surface area (TPSA) is 46.0 Å². The molecule has 1 heterocycles. The molecule has 0 radical (unpaired) electrons. The Hall–Kier alpha value is -1.82. The third-order valence-electron chi connectivity index (χ3n) is 4.44. The maximum Gasteiger partial charge on any atom is 0.216 e. The summed E-state index contributed by atoms with van der Waals surface area (Å²) in [6.45, 7) is 0. The molecule has 0 spiro atoms. The number of rotatable bonds is 5. The van der Waals surface area contributed by atoms with Crippen molar-refractivity contribution in [3.8, 4) is 0 Å². The lowest BCUT2D eigenvalue weighted by molar-refractivity contribution is 0.336. The molecule has 6 heteroatoms. The van der Waals surface area contributed by atoms with Gasteiger partial charge < -0.3 is 0 Å². The summed E-state index contributed by atoms with van der Waals surface area (Å²) in [6.07, 6.45) is 10.1. The third-order valence-corrected chi connectivity index (χ3v) is 4.70. The molecule has 0 aliphatic heterocycles. The lowest BCUT2D eigenvalue weighted by Crippen LogP contribution is -2.09. The number of benzene rings is 1. The molecule has 2 aromatic rings. The molecule has 23 heavy (non-hydrogen) atoms. The van der Waals surface area contributed by atoms with Crippen molar-refractivity contribution in [3.05, 3.63) is 46.2 Å². The van der Waals surface area contributed by atoms with E-state index in [1.807, 2.05) is 0 Å². The molecule has 3 rings (SSSR count). The van der Waals surface area contributed by atoms with E-state index in [0.717, 1.165) is 24.6 Å². The van der Waals surface area contributed by atoms with Crippen molar-refractivity contribution in [2.24, 2.45) is 11.0 Å².